The standard InChI is InChI=1S/C13H16Br2N2O2/c1-8(2)6-17(7-12(16)18)13(19)10-5-9(14)3-4-11(10)15/h3-5,8H,6-7H2,1-2H3,(H2,16,18). The van der Waals surface area contributed by atoms with E-state index in [0.29, 0.717) is 16.6 Å². The maximum atomic E-state index is 12.5. The van der Waals surface area contributed by atoms with Crippen molar-refractivity contribution in [1.82, 2.24) is 4.90 Å². The van der Waals surface area contributed by atoms with Crippen molar-refractivity contribution in [1.29, 1.82) is 0 Å². The Morgan fingerprint density at radius 2 is 1.95 bits per heavy atom. The molecule has 0 bridgehead atoms. The second-order valence-electron chi connectivity index (χ2n) is 4.67. The molecule has 0 aromatic heterocycles. The summed E-state index contributed by atoms with van der Waals surface area (Å²) in [6.07, 6.45) is 0. The number of primary amides is 1. The van der Waals surface area contributed by atoms with Crippen LogP contribution in [0, 0.1) is 5.92 Å². The summed E-state index contributed by atoms with van der Waals surface area (Å²) in [7, 11) is 0. The molecule has 0 unspecified atom stereocenters. The minimum Gasteiger partial charge on any atom is -0.368 e. The van der Waals surface area contributed by atoms with E-state index in [0.717, 1.165) is 4.47 Å². The van der Waals surface area contributed by atoms with Gasteiger partial charge in [0.15, 0.2) is 0 Å². The zero-order valence-electron chi connectivity index (χ0n) is 10.8. The number of carbonyl (C=O) groups is 2. The molecule has 2 N–H and O–H groups in total. The smallest absolute Gasteiger partial charge is 0.255 e. The molecule has 0 aliphatic carbocycles. The van der Waals surface area contributed by atoms with Crippen LogP contribution in [-0.4, -0.2) is 29.8 Å². The maximum absolute atomic E-state index is 12.5. The van der Waals surface area contributed by atoms with Gasteiger partial charge in [-0.15, -0.1) is 0 Å². The molecule has 0 aliphatic heterocycles. The van der Waals surface area contributed by atoms with E-state index in [2.05, 4.69) is 31.9 Å². The number of halogens is 2. The van der Waals surface area contributed by atoms with Gasteiger partial charge in [0.2, 0.25) is 5.91 Å². The highest BCUT2D eigenvalue weighted by Gasteiger charge is 2.20. The SMILES string of the molecule is CC(C)CN(CC(N)=O)C(=O)c1cc(Br)ccc1Br. The van der Waals surface area contributed by atoms with Gasteiger partial charge >= 0.3 is 0 Å². The van der Waals surface area contributed by atoms with Gasteiger partial charge in [-0.3, -0.25) is 9.59 Å². The molecule has 104 valence electrons. The van der Waals surface area contributed by atoms with E-state index in [1.165, 1.54) is 4.90 Å². The summed E-state index contributed by atoms with van der Waals surface area (Å²) < 4.78 is 1.50. The molecule has 19 heavy (non-hydrogen) atoms. The Hall–Kier alpha value is -0.880. The first-order chi connectivity index (χ1) is 8.81. The number of rotatable bonds is 5. The van der Waals surface area contributed by atoms with Crippen molar-refractivity contribution in [3.63, 3.8) is 0 Å². The van der Waals surface area contributed by atoms with Crippen LogP contribution in [0.15, 0.2) is 27.1 Å². The molecule has 4 nitrogen and oxygen atoms in total. The second-order valence-corrected chi connectivity index (χ2v) is 6.44. The molecule has 0 saturated heterocycles. The van der Waals surface area contributed by atoms with Crippen LogP contribution in [0.25, 0.3) is 0 Å². The van der Waals surface area contributed by atoms with Gasteiger partial charge in [0.05, 0.1) is 12.1 Å². The van der Waals surface area contributed by atoms with E-state index in [1.807, 2.05) is 19.9 Å². The Labute approximate surface area is 129 Å². The Morgan fingerprint density at radius 1 is 1.32 bits per heavy atom. The second kappa shape index (κ2) is 7.05. The van der Waals surface area contributed by atoms with Crippen LogP contribution >= 0.6 is 31.9 Å². The number of carbonyl (C=O) groups excluding carboxylic acids is 2. The fraction of sp³-hybridized carbons (Fsp3) is 0.385. The predicted octanol–water partition coefficient (Wildman–Crippen LogP) is 2.80. The number of amides is 2. The van der Waals surface area contributed by atoms with Crippen molar-refractivity contribution in [3.8, 4) is 0 Å². The van der Waals surface area contributed by atoms with Crippen molar-refractivity contribution in [2.45, 2.75) is 13.8 Å². The van der Waals surface area contributed by atoms with E-state index < -0.39 is 5.91 Å². The highest BCUT2D eigenvalue weighted by atomic mass is 79.9. The van der Waals surface area contributed by atoms with E-state index in [4.69, 9.17) is 5.73 Å². The Morgan fingerprint density at radius 3 is 2.47 bits per heavy atom. The molecule has 1 rings (SSSR count). The number of nitrogens with two attached hydrogens (primary N) is 1. The number of hydrogen-bond acceptors (Lipinski definition) is 2. The average Bonchev–Trinajstić information content (AvgIpc) is 2.29. The summed E-state index contributed by atoms with van der Waals surface area (Å²) in [5.41, 5.74) is 5.71. The van der Waals surface area contributed by atoms with Gasteiger partial charge in [-0.25, -0.2) is 0 Å². The van der Waals surface area contributed by atoms with Crippen LogP contribution in [0.1, 0.15) is 24.2 Å². The van der Waals surface area contributed by atoms with Crippen molar-refractivity contribution >= 4 is 43.7 Å². The van der Waals surface area contributed by atoms with Gasteiger partial charge in [-0.05, 0) is 40.0 Å². The van der Waals surface area contributed by atoms with Gasteiger partial charge in [0.1, 0.15) is 0 Å². The summed E-state index contributed by atoms with van der Waals surface area (Å²) in [4.78, 5) is 25.0. The molecule has 0 atom stereocenters. The molecule has 6 heteroatoms. The van der Waals surface area contributed by atoms with Gasteiger partial charge in [0, 0.05) is 15.5 Å². The third kappa shape index (κ3) is 4.95. The van der Waals surface area contributed by atoms with Crippen LogP contribution in [0.3, 0.4) is 0 Å². The molecule has 0 spiro atoms. The number of hydrogen-bond donors (Lipinski definition) is 1. The van der Waals surface area contributed by atoms with E-state index >= 15 is 0 Å². The summed E-state index contributed by atoms with van der Waals surface area (Å²) >= 11 is 6.68. The highest BCUT2D eigenvalue weighted by Crippen LogP contribution is 2.23. The minimum absolute atomic E-state index is 0.0734. The molecule has 0 aliphatic rings. The van der Waals surface area contributed by atoms with Crippen LogP contribution in [-0.2, 0) is 4.79 Å². The zero-order valence-corrected chi connectivity index (χ0v) is 14.0. The first-order valence-corrected chi connectivity index (χ1v) is 7.42. The Bertz CT molecular complexity index is 490. The molecule has 0 fully saturated rings. The molecule has 0 saturated carbocycles. The normalized spacial score (nSPS) is 10.6. The first kappa shape index (κ1) is 16.2. The van der Waals surface area contributed by atoms with Gasteiger partial charge in [-0.2, -0.15) is 0 Å². The fourth-order valence-electron chi connectivity index (χ4n) is 1.68. The summed E-state index contributed by atoms with van der Waals surface area (Å²) in [5.74, 6) is -0.463. The molecule has 2 amide bonds. The van der Waals surface area contributed by atoms with Crippen LogP contribution in [0.5, 0.6) is 0 Å². The summed E-state index contributed by atoms with van der Waals surface area (Å²) in [6, 6.07) is 5.34. The quantitative estimate of drug-likeness (QED) is 0.838. The molecule has 0 heterocycles. The van der Waals surface area contributed by atoms with E-state index in [-0.39, 0.29) is 18.4 Å². The molecular formula is C13H16Br2N2O2. The van der Waals surface area contributed by atoms with E-state index in [9.17, 15) is 9.59 Å². The molecule has 1 aromatic carbocycles. The van der Waals surface area contributed by atoms with Crippen LogP contribution in [0.4, 0.5) is 0 Å². The average molecular weight is 392 g/mol. The minimum atomic E-state index is -0.514. The topological polar surface area (TPSA) is 63.4 Å². The largest absolute Gasteiger partial charge is 0.368 e. The number of nitrogens with zero attached hydrogens (tertiary/aromatic N) is 1. The number of benzene rings is 1. The van der Waals surface area contributed by atoms with Gasteiger partial charge in [-0.1, -0.05) is 29.8 Å². The fourth-order valence-corrected chi connectivity index (χ4v) is 2.46. The lowest BCUT2D eigenvalue weighted by Gasteiger charge is -2.23. The lowest BCUT2D eigenvalue weighted by Crippen LogP contribution is -2.40. The highest BCUT2D eigenvalue weighted by molar-refractivity contribution is 9.11. The molecule has 1 aromatic rings. The molecule has 0 radical (unpaired) electrons. The van der Waals surface area contributed by atoms with Crippen molar-refractivity contribution < 1.29 is 9.59 Å². The predicted molar refractivity (Wildman–Crippen MR) is 81.8 cm³/mol. The Balaban J connectivity index is 3.03. The van der Waals surface area contributed by atoms with Crippen molar-refractivity contribution in [2.24, 2.45) is 11.7 Å². The summed E-state index contributed by atoms with van der Waals surface area (Å²) in [6.45, 7) is 4.38. The third-order valence-electron chi connectivity index (χ3n) is 2.38. The lowest BCUT2D eigenvalue weighted by molar-refractivity contribution is -0.118. The maximum Gasteiger partial charge on any atom is 0.255 e. The van der Waals surface area contributed by atoms with Crippen LogP contribution < -0.4 is 5.73 Å². The monoisotopic (exact) mass is 390 g/mol. The summed E-state index contributed by atoms with van der Waals surface area (Å²) in [5, 5.41) is 0. The van der Waals surface area contributed by atoms with Crippen molar-refractivity contribution in [3.05, 3.63) is 32.7 Å². The van der Waals surface area contributed by atoms with Crippen LogP contribution in [0.2, 0.25) is 0 Å². The lowest BCUT2D eigenvalue weighted by atomic mass is 10.1. The first-order valence-electron chi connectivity index (χ1n) is 5.84. The molecular weight excluding hydrogens is 376 g/mol. The Kier molecular flexibility index (Phi) is 6.00. The van der Waals surface area contributed by atoms with Gasteiger partial charge in [0.25, 0.3) is 5.91 Å². The third-order valence-corrected chi connectivity index (χ3v) is 3.56. The van der Waals surface area contributed by atoms with Gasteiger partial charge < -0.3 is 10.6 Å². The van der Waals surface area contributed by atoms with E-state index in [1.54, 1.807) is 12.1 Å². The zero-order chi connectivity index (χ0) is 14.6. The van der Waals surface area contributed by atoms with Crippen molar-refractivity contribution in [2.75, 3.05) is 13.1 Å².